The number of nitrogens with one attached hydrogen (secondary N) is 2. The summed E-state index contributed by atoms with van der Waals surface area (Å²) < 4.78 is 0. The van der Waals surface area contributed by atoms with E-state index in [0.717, 1.165) is 0 Å². The fourth-order valence-corrected chi connectivity index (χ4v) is 2.33. The average Bonchev–Trinajstić information content (AvgIpc) is 2.44. The van der Waals surface area contributed by atoms with E-state index < -0.39 is 11.8 Å². The molecule has 0 saturated heterocycles. The van der Waals surface area contributed by atoms with Crippen LogP contribution in [-0.4, -0.2) is 35.7 Å². The maximum Gasteiger partial charge on any atom is 0.313 e. The largest absolute Gasteiger partial charge is 0.334 e. The van der Waals surface area contributed by atoms with Crippen LogP contribution in [0, 0.1) is 11.8 Å². The molecule has 0 aromatic heterocycles. The number of amides is 3. The second kappa shape index (κ2) is 9.05. The third kappa shape index (κ3) is 6.81. The smallest absolute Gasteiger partial charge is 0.313 e. The molecule has 0 heterocycles. The highest BCUT2D eigenvalue weighted by molar-refractivity contribution is 6.39. The van der Waals surface area contributed by atoms with Crippen molar-refractivity contribution in [1.29, 1.82) is 0 Å². The molecule has 1 aromatic rings. The first kappa shape index (κ1) is 19.7. The molecule has 132 valence electrons. The number of anilines is 2. The van der Waals surface area contributed by atoms with Crippen molar-refractivity contribution in [3.63, 3.8) is 0 Å². The summed E-state index contributed by atoms with van der Waals surface area (Å²) in [4.78, 5) is 37.4. The molecule has 0 saturated carbocycles. The van der Waals surface area contributed by atoms with Gasteiger partial charge in [-0.2, -0.15) is 0 Å². The molecule has 0 aliphatic carbocycles. The molecule has 2 N–H and O–H groups in total. The van der Waals surface area contributed by atoms with Crippen molar-refractivity contribution in [3.8, 4) is 0 Å². The molecule has 0 aliphatic rings. The summed E-state index contributed by atoms with van der Waals surface area (Å²) in [5.74, 6) is -0.847. The molecular formula is C18H27N3O3. The van der Waals surface area contributed by atoms with Gasteiger partial charge in [-0.05, 0) is 30.0 Å². The summed E-state index contributed by atoms with van der Waals surface area (Å²) in [5.41, 5.74) is 1.03. The van der Waals surface area contributed by atoms with E-state index in [0.29, 0.717) is 24.5 Å². The number of nitrogens with zero attached hydrogens (tertiary/aromatic N) is 1. The van der Waals surface area contributed by atoms with Crippen LogP contribution < -0.4 is 10.6 Å². The molecule has 24 heavy (non-hydrogen) atoms. The van der Waals surface area contributed by atoms with Crippen LogP contribution in [0.2, 0.25) is 0 Å². The molecule has 0 spiro atoms. The fourth-order valence-electron chi connectivity index (χ4n) is 2.33. The quantitative estimate of drug-likeness (QED) is 0.786. The maximum atomic E-state index is 12.4. The van der Waals surface area contributed by atoms with Crippen molar-refractivity contribution >= 4 is 29.1 Å². The number of carbonyl (C=O) groups is 3. The second-order valence-corrected chi connectivity index (χ2v) is 6.71. The minimum absolute atomic E-state index is 0.199. The predicted molar refractivity (Wildman–Crippen MR) is 95.6 cm³/mol. The number of carbonyl (C=O) groups excluding carboxylic acids is 3. The number of benzene rings is 1. The zero-order chi connectivity index (χ0) is 18.3. The molecule has 1 aromatic carbocycles. The van der Waals surface area contributed by atoms with E-state index in [9.17, 15) is 14.4 Å². The Morgan fingerprint density at radius 2 is 1.46 bits per heavy atom. The monoisotopic (exact) mass is 333 g/mol. The summed E-state index contributed by atoms with van der Waals surface area (Å²) in [6, 6.07) is 6.70. The second-order valence-electron chi connectivity index (χ2n) is 6.71. The molecule has 0 aliphatic heterocycles. The molecule has 0 bridgehead atoms. The topological polar surface area (TPSA) is 78.5 Å². The van der Waals surface area contributed by atoms with Crippen LogP contribution in [0.15, 0.2) is 24.3 Å². The Bertz CT molecular complexity index is 587. The fraction of sp³-hybridized carbons (Fsp3) is 0.500. The van der Waals surface area contributed by atoms with Crippen molar-refractivity contribution < 1.29 is 14.4 Å². The van der Waals surface area contributed by atoms with E-state index in [1.165, 1.54) is 6.92 Å². The maximum absolute atomic E-state index is 12.4. The zero-order valence-electron chi connectivity index (χ0n) is 15.1. The molecular weight excluding hydrogens is 306 g/mol. The van der Waals surface area contributed by atoms with Gasteiger partial charge in [-0.25, -0.2) is 0 Å². The minimum Gasteiger partial charge on any atom is -0.334 e. The Hall–Kier alpha value is -2.37. The van der Waals surface area contributed by atoms with Crippen molar-refractivity contribution in [3.05, 3.63) is 24.3 Å². The molecule has 0 atom stereocenters. The lowest BCUT2D eigenvalue weighted by atomic mass is 10.1. The first-order valence-electron chi connectivity index (χ1n) is 8.17. The third-order valence-corrected chi connectivity index (χ3v) is 3.09. The van der Waals surface area contributed by atoms with E-state index in [1.54, 1.807) is 29.2 Å². The van der Waals surface area contributed by atoms with Gasteiger partial charge in [0.05, 0.1) is 0 Å². The van der Waals surface area contributed by atoms with Gasteiger partial charge in [0.25, 0.3) is 0 Å². The lowest BCUT2D eigenvalue weighted by Crippen LogP contribution is -2.43. The summed E-state index contributed by atoms with van der Waals surface area (Å²) in [6.45, 7) is 10.5. The van der Waals surface area contributed by atoms with Gasteiger partial charge in [0.15, 0.2) is 0 Å². The first-order valence-corrected chi connectivity index (χ1v) is 8.17. The zero-order valence-corrected chi connectivity index (χ0v) is 15.1. The van der Waals surface area contributed by atoms with Crippen molar-refractivity contribution in [2.45, 2.75) is 34.6 Å². The Morgan fingerprint density at radius 1 is 0.958 bits per heavy atom. The van der Waals surface area contributed by atoms with Crippen LogP contribution in [-0.2, 0) is 14.4 Å². The summed E-state index contributed by atoms with van der Waals surface area (Å²) in [6.07, 6.45) is 0. The van der Waals surface area contributed by atoms with E-state index in [-0.39, 0.29) is 17.7 Å². The molecule has 0 fully saturated rings. The van der Waals surface area contributed by atoms with Crippen LogP contribution >= 0.6 is 0 Å². The molecule has 1 rings (SSSR count). The van der Waals surface area contributed by atoms with Gasteiger partial charge in [0.2, 0.25) is 5.91 Å². The standard InChI is InChI=1S/C18H27N3O3/c1-12(2)10-21(11-13(3)4)18(24)17(23)20-16-8-6-7-15(9-16)19-14(5)22/h6-9,12-13H,10-11H2,1-5H3,(H,19,22)(H,20,23). The summed E-state index contributed by atoms with van der Waals surface area (Å²) >= 11 is 0. The van der Waals surface area contributed by atoms with Gasteiger partial charge in [-0.15, -0.1) is 0 Å². The van der Waals surface area contributed by atoms with Gasteiger partial charge in [-0.3, -0.25) is 14.4 Å². The van der Waals surface area contributed by atoms with Crippen LogP contribution in [0.5, 0.6) is 0 Å². The van der Waals surface area contributed by atoms with Crippen LogP contribution in [0.3, 0.4) is 0 Å². The van der Waals surface area contributed by atoms with Gasteiger partial charge in [0, 0.05) is 31.4 Å². The average molecular weight is 333 g/mol. The minimum atomic E-state index is -0.670. The highest BCUT2D eigenvalue weighted by atomic mass is 16.2. The lowest BCUT2D eigenvalue weighted by molar-refractivity contribution is -0.143. The summed E-state index contributed by atoms with van der Waals surface area (Å²) in [5, 5.41) is 5.24. The number of rotatable bonds is 6. The van der Waals surface area contributed by atoms with E-state index >= 15 is 0 Å². The van der Waals surface area contributed by atoms with Crippen molar-refractivity contribution in [1.82, 2.24) is 4.90 Å². The van der Waals surface area contributed by atoms with Gasteiger partial charge in [0.1, 0.15) is 0 Å². The number of hydrogen-bond acceptors (Lipinski definition) is 3. The van der Waals surface area contributed by atoms with Crippen molar-refractivity contribution in [2.75, 3.05) is 23.7 Å². The molecule has 6 nitrogen and oxygen atoms in total. The Labute approximate surface area is 143 Å². The third-order valence-electron chi connectivity index (χ3n) is 3.09. The summed E-state index contributed by atoms with van der Waals surface area (Å²) in [7, 11) is 0. The highest BCUT2D eigenvalue weighted by Gasteiger charge is 2.23. The Morgan fingerprint density at radius 3 is 1.92 bits per heavy atom. The lowest BCUT2D eigenvalue weighted by Gasteiger charge is -2.25. The molecule has 0 radical (unpaired) electrons. The van der Waals surface area contributed by atoms with Gasteiger partial charge in [-0.1, -0.05) is 33.8 Å². The predicted octanol–water partition coefficient (Wildman–Crippen LogP) is 2.72. The first-order chi connectivity index (χ1) is 11.2. The highest BCUT2D eigenvalue weighted by Crippen LogP contribution is 2.15. The van der Waals surface area contributed by atoms with Crippen LogP contribution in [0.1, 0.15) is 34.6 Å². The van der Waals surface area contributed by atoms with Crippen LogP contribution in [0.25, 0.3) is 0 Å². The van der Waals surface area contributed by atoms with Gasteiger partial charge >= 0.3 is 11.8 Å². The van der Waals surface area contributed by atoms with Crippen molar-refractivity contribution in [2.24, 2.45) is 11.8 Å². The SMILES string of the molecule is CC(=O)Nc1cccc(NC(=O)C(=O)N(CC(C)C)CC(C)C)c1. The van der Waals surface area contributed by atoms with Crippen LogP contribution in [0.4, 0.5) is 11.4 Å². The van der Waals surface area contributed by atoms with E-state index in [2.05, 4.69) is 10.6 Å². The Balaban J connectivity index is 2.80. The molecule has 6 heteroatoms. The normalized spacial score (nSPS) is 10.6. The molecule has 3 amide bonds. The van der Waals surface area contributed by atoms with E-state index in [1.807, 2.05) is 27.7 Å². The number of hydrogen-bond donors (Lipinski definition) is 2. The molecule has 0 unspecified atom stereocenters. The van der Waals surface area contributed by atoms with Gasteiger partial charge < -0.3 is 15.5 Å². The Kier molecular flexibility index (Phi) is 7.42. The van der Waals surface area contributed by atoms with E-state index in [4.69, 9.17) is 0 Å².